The van der Waals surface area contributed by atoms with E-state index < -0.39 is 0 Å². The standard InChI is InChI=1S/C21H23Cl2N3O2S/c1-3-25(10-14-6-7-28-12-14)20(27)19-9-17-13(2)24-26(21(17)29-19)11-15-4-5-16(22)8-18(15)23/h4-5,8-9,14H,3,6-7,10-12H2,1-2H3. The second-order valence-corrected chi connectivity index (χ2v) is 9.26. The quantitative estimate of drug-likeness (QED) is 0.513. The average molecular weight is 452 g/mol. The van der Waals surface area contributed by atoms with Gasteiger partial charge in [-0.05, 0) is 44.0 Å². The Morgan fingerprint density at radius 2 is 2.21 bits per heavy atom. The van der Waals surface area contributed by atoms with Gasteiger partial charge in [-0.25, -0.2) is 0 Å². The maximum absolute atomic E-state index is 13.1. The molecule has 2 aromatic heterocycles. The minimum atomic E-state index is 0.0797. The summed E-state index contributed by atoms with van der Waals surface area (Å²) in [5.74, 6) is 0.508. The highest BCUT2D eigenvalue weighted by molar-refractivity contribution is 7.20. The number of carbonyl (C=O) groups is 1. The van der Waals surface area contributed by atoms with Gasteiger partial charge >= 0.3 is 0 Å². The van der Waals surface area contributed by atoms with Crippen LogP contribution in [0, 0.1) is 12.8 Å². The molecule has 1 aliphatic rings. The summed E-state index contributed by atoms with van der Waals surface area (Å²) < 4.78 is 7.38. The number of aryl methyl sites for hydroxylation is 1. The van der Waals surface area contributed by atoms with Crippen LogP contribution in [0.15, 0.2) is 24.3 Å². The molecule has 0 saturated carbocycles. The van der Waals surface area contributed by atoms with Gasteiger partial charge < -0.3 is 9.64 Å². The Kier molecular flexibility index (Phi) is 6.16. The SMILES string of the molecule is CCN(CC1CCOC1)C(=O)c1cc2c(C)nn(Cc3ccc(Cl)cc3Cl)c2s1. The van der Waals surface area contributed by atoms with Gasteiger partial charge in [0.25, 0.3) is 5.91 Å². The highest BCUT2D eigenvalue weighted by atomic mass is 35.5. The summed E-state index contributed by atoms with van der Waals surface area (Å²) in [6.45, 7) is 7.50. The molecule has 1 saturated heterocycles. The highest BCUT2D eigenvalue weighted by Crippen LogP contribution is 2.31. The number of carbonyl (C=O) groups excluding carboxylic acids is 1. The molecule has 1 unspecified atom stereocenters. The first-order valence-electron chi connectivity index (χ1n) is 9.74. The van der Waals surface area contributed by atoms with Crippen LogP contribution < -0.4 is 0 Å². The summed E-state index contributed by atoms with van der Waals surface area (Å²) in [5, 5.41) is 6.89. The number of amides is 1. The second kappa shape index (κ2) is 8.64. The van der Waals surface area contributed by atoms with Gasteiger partial charge in [0, 0.05) is 41.0 Å². The van der Waals surface area contributed by atoms with E-state index >= 15 is 0 Å². The maximum atomic E-state index is 13.1. The van der Waals surface area contributed by atoms with Gasteiger partial charge in [0.15, 0.2) is 0 Å². The normalized spacial score (nSPS) is 16.6. The van der Waals surface area contributed by atoms with Crippen molar-refractivity contribution in [1.29, 1.82) is 0 Å². The molecular formula is C21H23Cl2N3O2S. The van der Waals surface area contributed by atoms with Crippen LogP contribution in [0.2, 0.25) is 10.0 Å². The van der Waals surface area contributed by atoms with Gasteiger partial charge in [0.05, 0.1) is 23.7 Å². The number of fused-ring (bicyclic) bond motifs is 1. The number of halogens is 2. The Morgan fingerprint density at radius 1 is 1.38 bits per heavy atom. The van der Waals surface area contributed by atoms with Gasteiger partial charge in [-0.15, -0.1) is 11.3 Å². The zero-order valence-electron chi connectivity index (χ0n) is 16.5. The summed E-state index contributed by atoms with van der Waals surface area (Å²) in [7, 11) is 0. The van der Waals surface area contributed by atoms with Crippen molar-refractivity contribution < 1.29 is 9.53 Å². The lowest BCUT2D eigenvalue weighted by Crippen LogP contribution is -2.35. The van der Waals surface area contributed by atoms with Gasteiger partial charge in [-0.3, -0.25) is 9.48 Å². The van der Waals surface area contributed by atoms with Crippen LogP contribution in [0.3, 0.4) is 0 Å². The van der Waals surface area contributed by atoms with Crippen LogP contribution in [-0.4, -0.2) is 46.9 Å². The molecule has 1 amide bonds. The zero-order valence-corrected chi connectivity index (χ0v) is 18.8. The molecule has 1 aliphatic heterocycles. The number of rotatable bonds is 6. The van der Waals surface area contributed by atoms with E-state index in [0.29, 0.717) is 29.1 Å². The molecule has 29 heavy (non-hydrogen) atoms. The monoisotopic (exact) mass is 451 g/mol. The zero-order chi connectivity index (χ0) is 20.5. The van der Waals surface area contributed by atoms with E-state index in [2.05, 4.69) is 5.10 Å². The summed E-state index contributed by atoms with van der Waals surface area (Å²) in [5.41, 5.74) is 1.85. The van der Waals surface area contributed by atoms with Crippen molar-refractivity contribution in [2.75, 3.05) is 26.3 Å². The predicted octanol–water partition coefficient (Wildman–Crippen LogP) is 5.26. The third-order valence-corrected chi connectivity index (χ3v) is 7.05. The third-order valence-electron chi connectivity index (χ3n) is 5.32. The number of hydrogen-bond donors (Lipinski definition) is 0. The van der Waals surface area contributed by atoms with Crippen LogP contribution in [0.1, 0.15) is 34.3 Å². The van der Waals surface area contributed by atoms with Crippen molar-refractivity contribution in [3.05, 3.63) is 50.4 Å². The lowest BCUT2D eigenvalue weighted by Gasteiger charge is -2.23. The van der Waals surface area contributed by atoms with Crippen molar-refractivity contribution >= 4 is 50.7 Å². The first-order valence-corrected chi connectivity index (χ1v) is 11.3. The summed E-state index contributed by atoms with van der Waals surface area (Å²) in [4.78, 5) is 16.8. The number of nitrogens with zero attached hydrogens (tertiary/aromatic N) is 3. The molecular weight excluding hydrogens is 429 g/mol. The Labute approximate surface area is 184 Å². The predicted molar refractivity (Wildman–Crippen MR) is 118 cm³/mol. The summed E-state index contributed by atoms with van der Waals surface area (Å²) >= 11 is 13.8. The summed E-state index contributed by atoms with van der Waals surface area (Å²) in [6, 6.07) is 7.45. The van der Waals surface area contributed by atoms with Crippen LogP contribution in [0.25, 0.3) is 10.2 Å². The fourth-order valence-corrected chi connectivity index (χ4v) is 5.28. The first-order chi connectivity index (χ1) is 14.0. The molecule has 4 rings (SSSR count). The molecule has 0 spiro atoms. The van der Waals surface area contributed by atoms with E-state index in [1.165, 1.54) is 11.3 Å². The van der Waals surface area contributed by atoms with E-state index in [9.17, 15) is 4.79 Å². The molecule has 0 radical (unpaired) electrons. The maximum Gasteiger partial charge on any atom is 0.264 e. The molecule has 3 heterocycles. The van der Waals surface area contributed by atoms with Crippen molar-refractivity contribution in [2.24, 2.45) is 5.92 Å². The minimum Gasteiger partial charge on any atom is -0.381 e. The Morgan fingerprint density at radius 3 is 2.90 bits per heavy atom. The van der Waals surface area contributed by atoms with E-state index in [-0.39, 0.29) is 5.91 Å². The van der Waals surface area contributed by atoms with Crippen LogP contribution >= 0.6 is 34.5 Å². The second-order valence-electron chi connectivity index (χ2n) is 7.38. The Hall–Kier alpha value is -1.60. The molecule has 8 heteroatoms. The number of aromatic nitrogens is 2. The van der Waals surface area contributed by atoms with Gasteiger partial charge in [0.1, 0.15) is 4.83 Å². The smallest absolute Gasteiger partial charge is 0.264 e. The largest absolute Gasteiger partial charge is 0.381 e. The fourth-order valence-electron chi connectivity index (χ4n) is 3.69. The molecule has 0 N–H and O–H groups in total. The van der Waals surface area contributed by atoms with Crippen molar-refractivity contribution in [3.63, 3.8) is 0 Å². The minimum absolute atomic E-state index is 0.0797. The number of thiophene rings is 1. The van der Waals surface area contributed by atoms with Crippen molar-refractivity contribution in [2.45, 2.75) is 26.8 Å². The van der Waals surface area contributed by atoms with E-state index in [4.69, 9.17) is 27.9 Å². The first kappa shape index (κ1) is 20.7. The lowest BCUT2D eigenvalue weighted by atomic mass is 10.1. The van der Waals surface area contributed by atoms with Crippen LogP contribution in [-0.2, 0) is 11.3 Å². The molecule has 1 aromatic carbocycles. The van der Waals surface area contributed by atoms with E-state index in [1.807, 2.05) is 41.6 Å². The van der Waals surface area contributed by atoms with Gasteiger partial charge in [0.2, 0.25) is 0 Å². The molecule has 3 aromatic rings. The Balaban J connectivity index is 1.60. The fraction of sp³-hybridized carbons (Fsp3) is 0.429. The number of benzene rings is 1. The van der Waals surface area contributed by atoms with Crippen molar-refractivity contribution in [1.82, 2.24) is 14.7 Å². The highest BCUT2D eigenvalue weighted by Gasteiger charge is 2.24. The molecule has 154 valence electrons. The topological polar surface area (TPSA) is 47.4 Å². The van der Waals surface area contributed by atoms with Crippen LogP contribution in [0.4, 0.5) is 0 Å². The molecule has 1 atom stereocenters. The molecule has 0 aliphatic carbocycles. The molecule has 5 nitrogen and oxygen atoms in total. The number of hydrogen-bond acceptors (Lipinski definition) is 4. The van der Waals surface area contributed by atoms with Gasteiger partial charge in [-0.2, -0.15) is 5.10 Å². The molecule has 1 fully saturated rings. The average Bonchev–Trinajstić information content (AvgIpc) is 3.41. The lowest BCUT2D eigenvalue weighted by molar-refractivity contribution is 0.0735. The van der Waals surface area contributed by atoms with E-state index in [1.54, 1.807) is 6.07 Å². The van der Waals surface area contributed by atoms with E-state index in [0.717, 1.165) is 52.5 Å². The van der Waals surface area contributed by atoms with Crippen molar-refractivity contribution in [3.8, 4) is 0 Å². The Bertz CT molecular complexity index is 1040. The number of ether oxygens (including phenoxy) is 1. The molecule has 0 bridgehead atoms. The summed E-state index contributed by atoms with van der Waals surface area (Å²) in [6.07, 6.45) is 1.02. The third kappa shape index (κ3) is 4.31. The van der Waals surface area contributed by atoms with Gasteiger partial charge in [-0.1, -0.05) is 29.3 Å². The van der Waals surface area contributed by atoms with Crippen LogP contribution in [0.5, 0.6) is 0 Å².